The van der Waals surface area contributed by atoms with Gasteiger partial charge in [0.2, 0.25) is 11.8 Å². The summed E-state index contributed by atoms with van der Waals surface area (Å²) in [6.45, 7) is 3.73. The van der Waals surface area contributed by atoms with Crippen LogP contribution in [0, 0.1) is 0 Å². The molecule has 0 aliphatic carbocycles. The molecule has 3 aromatic carbocycles. The van der Waals surface area contributed by atoms with Gasteiger partial charge in [0, 0.05) is 12.0 Å². The van der Waals surface area contributed by atoms with E-state index >= 15 is 0 Å². The van der Waals surface area contributed by atoms with Gasteiger partial charge in [0.15, 0.2) is 0 Å². The molecule has 0 spiro atoms. The highest BCUT2D eigenvalue weighted by atomic mass is 16.5. The van der Waals surface area contributed by atoms with E-state index < -0.39 is 11.9 Å². The van der Waals surface area contributed by atoms with Crippen LogP contribution in [0.25, 0.3) is 10.8 Å². The van der Waals surface area contributed by atoms with Crippen molar-refractivity contribution in [3.63, 3.8) is 0 Å². The van der Waals surface area contributed by atoms with E-state index in [1.807, 2.05) is 66.7 Å². The summed E-state index contributed by atoms with van der Waals surface area (Å²) >= 11 is 0. The van der Waals surface area contributed by atoms with E-state index in [0.717, 1.165) is 21.9 Å². The molecule has 0 unspecified atom stereocenters. The van der Waals surface area contributed by atoms with Gasteiger partial charge in [-0.05, 0) is 29.3 Å². The Labute approximate surface area is 175 Å². The first-order valence-electron chi connectivity index (χ1n) is 10.1. The number of carbonyl (C=O) groups is 2. The third-order valence-corrected chi connectivity index (χ3v) is 5.17. The molecule has 5 nitrogen and oxygen atoms in total. The van der Waals surface area contributed by atoms with Crippen LogP contribution in [0.15, 0.2) is 78.2 Å². The molecule has 1 heterocycles. The maximum Gasteiger partial charge on any atom is 0.340 e. The van der Waals surface area contributed by atoms with E-state index in [4.69, 9.17) is 9.47 Å². The molecule has 152 valence electrons. The summed E-state index contributed by atoms with van der Waals surface area (Å²) < 4.78 is 11.5. The van der Waals surface area contributed by atoms with Gasteiger partial charge in [-0.1, -0.05) is 67.6 Å². The van der Waals surface area contributed by atoms with Crippen molar-refractivity contribution in [1.82, 2.24) is 5.32 Å². The number of fused-ring (bicyclic) bond motifs is 3. The molecule has 0 saturated carbocycles. The second-order valence-electron chi connectivity index (χ2n) is 7.01. The van der Waals surface area contributed by atoms with Crippen molar-refractivity contribution in [2.24, 2.45) is 0 Å². The highest BCUT2D eigenvalue weighted by Crippen LogP contribution is 2.46. The van der Waals surface area contributed by atoms with E-state index in [1.54, 1.807) is 13.8 Å². The van der Waals surface area contributed by atoms with Gasteiger partial charge in [-0.15, -0.1) is 0 Å². The Morgan fingerprint density at radius 3 is 2.43 bits per heavy atom. The SMILES string of the molecule is CCOC(=O)C1=C(NC(=O)CC)Oc2ccc3ccccc3c2[C@@H]1c1ccccc1. The van der Waals surface area contributed by atoms with Crippen LogP contribution in [0.2, 0.25) is 0 Å². The van der Waals surface area contributed by atoms with Crippen LogP contribution in [0.3, 0.4) is 0 Å². The molecule has 1 amide bonds. The molecule has 0 saturated heterocycles. The van der Waals surface area contributed by atoms with Crippen LogP contribution < -0.4 is 10.1 Å². The van der Waals surface area contributed by atoms with Crippen LogP contribution in [-0.4, -0.2) is 18.5 Å². The molecule has 1 atom stereocenters. The summed E-state index contributed by atoms with van der Waals surface area (Å²) in [7, 11) is 0. The molecule has 1 N–H and O–H groups in total. The summed E-state index contributed by atoms with van der Waals surface area (Å²) in [6, 6.07) is 21.6. The van der Waals surface area contributed by atoms with Crippen molar-refractivity contribution in [1.29, 1.82) is 0 Å². The lowest BCUT2D eigenvalue weighted by Gasteiger charge is -2.31. The average Bonchev–Trinajstić information content (AvgIpc) is 2.78. The quantitative estimate of drug-likeness (QED) is 0.632. The number of nitrogens with one attached hydrogen (secondary N) is 1. The molecule has 0 radical (unpaired) electrons. The number of amides is 1. The van der Waals surface area contributed by atoms with Crippen LogP contribution in [-0.2, 0) is 14.3 Å². The number of hydrogen-bond acceptors (Lipinski definition) is 4. The summed E-state index contributed by atoms with van der Waals surface area (Å²) in [5.41, 5.74) is 2.11. The topological polar surface area (TPSA) is 64.6 Å². The number of rotatable bonds is 5. The molecule has 30 heavy (non-hydrogen) atoms. The van der Waals surface area contributed by atoms with Crippen LogP contribution in [0.4, 0.5) is 0 Å². The highest BCUT2D eigenvalue weighted by Gasteiger charge is 2.38. The Morgan fingerprint density at radius 1 is 0.967 bits per heavy atom. The summed E-state index contributed by atoms with van der Waals surface area (Å²) in [5, 5.41) is 4.80. The monoisotopic (exact) mass is 401 g/mol. The first-order chi connectivity index (χ1) is 14.6. The van der Waals surface area contributed by atoms with Crippen molar-refractivity contribution >= 4 is 22.6 Å². The Balaban J connectivity index is 2.01. The lowest BCUT2D eigenvalue weighted by Crippen LogP contribution is -2.33. The van der Waals surface area contributed by atoms with E-state index in [1.165, 1.54) is 0 Å². The molecule has 0 fully saturated rings. The molecule has 4 rings (SSSR count). The summed E-state index contributed by atoms with van der Waals surface area (Å²) in [4.78, 5) is 25.3. The normalized spacial score (nSPS) is 15.3. The van der Waals surface area contributed by atoms with Crippen molar-refractivity contribution in [2.75, 3.05) is 6.61 Å². The molecule has 1 aliphatic rings. The second-order valence-corrected chi connectivity index (χ2v) is 7.01. The van der Waals surface area contributed by atoms with Crippen molar-refractivity contribution in [2.45, 2.75) is 26.2 Å². The van der Waals surface area contributed by atoms with Crippen LogP contribution >= 0.6 is 0 Å². The minimum Gasteiger partial charge on any atom is -0.462 e. The number of benzene rings is 3. The zero-order valence-electron chi connectivity index (χ0n) is 17.0. The Bertz CT molecular complexity index is 1130. The van der Waals surface area contributed by atoms with Gasteiger partial charge in [0.05, 0.1) is 12.5 Å². The van der Waals surface area contributed by atoms with Gasteiger partial charge in [-0.3, -0.25) is 10.1 Å². The Hall–Kier alpha value is -3.60. The maximum atomic E-state index is 13.1. The maximum absolute atomic E-state index is 13.1. The van der Waals surface area contributed by atoms with Gasteiger partial charge >= 0.3 is 5.97 Å². The van der Waals surface area contributed by atoms with E-state index in [-0.39, 0.29) is 24.8 Å². The zero-order chi connectivity index (χ0) is 21.1. The molecular formula is C25H23NO4. The van der Waals surface area contributed by atoms with Gasteiger partial charge in [-0.2, -0.15) is 0 Å². The lowest BCUT2D eigenvalue weighted by molar-refractivity contribution is -0.139. The first kappa shape index (κ1) is 19.7. The third-order valence-electron chi connectivity index (χ3n) is 5.17. The van der Waals surface area contributed by atoms with Crippen molar-refractivity contribution in [3.05, 3.63) is 89.3 Å². The third kappa shape index (κ3) is 3.54. The van der Waals surface area contributed by atoms with Gasteiger partial charge in [0.25, 0.3) is 0 Å². The average molecular weight is 401 g/mol. The molecular weight excluding hydrogens is 378 g/mol. The van der Waals surface area contributed by atoms with Crippen molar-refractivity contribution < 1.29 is 19.1 Å². The molecule has 1 aliphatic heterocycles. The molecule has 0 bridgehead atoms. The number of hydrogen-bond donors (Lipinski definition) is 1. The predicted molar refractivity (Wildman–Crippen MR) is 115 cm³/mol. The highest BCUT2D eigenvalue weighted by molar-refractivity contribution is 5.97. The predicted octanol–water partition coefficient (Wildman–Crippen LogP) is 4.67. The van der Waals surface area contributed by atoms with Crippen LogP contribution in [0.5, 0.6) is 5.75 Å². The molecule has 3 aromatic rings. The van der Waals surface area contributed by atoms with Crippen molar-refractivity contribution in [3.8, 4) is 5.75 Å². The smallest absolute Gasteiger partial charge is 0.340 e. The lowest BCUT2D eigenvalue weighted by atomic mass is 9.80. The fraction of sp³-hybridized carbons (Fsp3) is 0.200. The fourth-order valence-electron chi connectivity index (χ4n) is 3.81. The fourth-order valence-corrected chi connectivity index (χ4v) is 3.81. The minimum absolute atomic E-state index is 0.136. The Kier molecular flexibility index (Phi) is 5.53. The standard InChI is InChI=1S/C25H23NO4/c1-3-20(27)26-24-23(25(28)29-4-2)21(17-11-6-5-7-12-17)22-18-13-9-8-10-16(18)14-15-19(22)30-24/h5-15,21H,3-4H2,1-2H3,(H,26,27)/t21-/m0/s1. The van der Waals surface area contributed by atoms with E-state index in [0.29, 0.717) is 11.3 Å². The second kappa shape index (κ2) is 8.41. The number of ether oxygens (including phenoxy) is 2. The number of esters is 1. The van der Waals surface area contributed by atoms with E-state index in [2.05, 4.69) is 5.32 Å². The minimum atomic E-state index is -0.503. The number of carbonyl (C=O) groups excluding carboxylic acids is 2. The summed E-state index contributed by atoms with van der Waals surface area (Å²) in [6.07, 6.45) is 0.267. The zero-order valence-corrected chi connectivity index (χ0v) is 17.0. The Morgan fingerprint density at radius 2 is 1.70 bits per heavy atom. The van der Waals surface area contributed by atoms with E-state index in [9.17, 15) is 9.59 Å². The summed E-state index contributed by atoms with van der Waals surface area (Å²) in [5.74, 6) is -0.426. The first-order valence-corrected chi connectivity index (χ1v) is 10.1. The molecule has 0 aromatic heterocycles. The van der Waals surface area contributed by atoms with Gasteiger partial charge in [-0.25, -0.2) is 4.79 Å². The van der Waals surface area contributed by atoms with Gasteiger partial charge < -0.3 is 9.47 Å². The molecule has 5 heteroatoms. The van der Waals surface area contributed by atoms with Gasteiger partial charge in [0.1, 0.15) is 11.3 Å². The van der Waals surface area contributed by atoms with Crippen LogP contribution in [0.1, 0.15) is 37.3 Å². The largest absolute Gasteiger partial charge is 0.462 e.